The van der Waals surface area contributed by atoms with Gasteiger partial charge in [-0.1, -0.05) is 36.7 Å². The van der Waals surface area contributed by atoms with Gasteiger partial charge in [0.05, 0.1) is 4.92 Å². The van der Waals surface area contributed by atoms with E-state index in [1.165, 1.54) is 6.07 Å². The highest BCUT2D eigenvalue weighted by molar-refractivity contribution is 9.10. The van der Waals surface area contributed by atoms with Crippen LogP contribution in [0.15, 0.2) is 41.0 Å². The second-order valence-corrected chi connectivity index (χ2v) is 6.64. The molecule has 5 nitrogen and oxygen atoms in total. The third-order valence-corrected chi connectivity index (χ3v) is 3.54. The lowest BCUT2D eigenvalue weighted by Crippen LogP contribution is -2.11. The molecule has 0 bridgehead atoms. The Labute approximate surface area is 131 Å². The Hall–Kier alpha value is -1.95. The van der Waals surface area contributed by atoms with Gasteiger partial charge in [-0.25, -0.2) is 4.98 Å². The number of pyridine rings is 1. The molecule has 0 saturated heterocycles. The second-order valence-electron chi connectivity index (χ2n) is 5.72. The van der Waals surface area contributed by atoms with Gasteiger partial charge in [-0.15, -0.1) is 0 Å². The van der Waals surface area contributed by atoms with Gasteiger partial charge in [0.2, 0.25) is 0 Å². The molecule has 0 saturated carbocycles. The van der Waals surface area contributed by atoms with Crippen molar-refractivity contribution in [3.63, 3.8) is 0 Å². The first kappa shape index (κ1) is 15.4. The molecule has 0 atom stereocenters. The lowest BCUT2D eigenvalue weighted by molar-refractivity contribution is -0.384. The van der Waals surface area contributed by atoms with Crippen molar-refractivity contribution in [1.82, 2.24) is 4.98 Å². The zero-order valence-electron chi connectivity index (χ0n) is 12.1. The molecule has 110 valence electrons. The molecule has 0 spiro atoms. The lowest BCUT2D eigenvalue weighted by atomic mass is 9.88. The number of nitrogens with zero attached hydrogens (tertiary/aromatic N) is 2. The van der Waals surface area contributed by atoms with Gasteiger partial charge in [0.25, 0.3) is 5.69 Å². The van der Waals surface area contributed by atoms with Crippen LogP contribution < -0.4 is 5.32 Å². The number of rotatable bonds is 3. The number of halogens is 1. The summed E-state index contributed by atoms with van der Waals surface area (Å²) in [5.41, 5.74) is 1.53. The van der Waals surface area contributed by atoms with Crippen LogP contribution in [0.1, 0.15) is 26.3 Å². The van der Waals surface area contributed by atoms with Crippen LogP contribution in [0.3, 0.4) is 0 Å². The highest BCUT2D eigenvalue weighted by atomic mass is 79.9. The summed E-state index contributed by atoms with van der Waals surface area (Å²) in [5.74, 6) is 0.591. The van der Waals surface area contributed by atoms with Gasteiger partial charge in [0.1, 0.15) is 11.5 Å². The minimum atomic E-state index is -0.416. The fourth-order valence-corrected chi connectivity index (χ4v) is 2.21. The third-order valence-electron chi connectivity index (χ3n) is 3.05. The van der Waals surface area contributed by atoms with E-state index in [0.29, 0.717) is 16.0 Å². The van der Waals surface area contributed by atoms with E-state index in [-0.39, 0.29) is 11.1 Å². The summed E-state index contributed by atoms with van der Waals surface area (Å²) >= 11 is 3.24. The Morgan fingerprint density at radius 2 is 1.95 bits per heavy atom. The number of hydrogen-bond donors (Lipinski definition) is 1. The Bertz CT molecular complexity index is 681. The van der Waals surface area contributed by atoms with Crippen LogP contribution in [0, 0.1) is 10.1 Å². The van der Waals surface area contributed by atoms with E-state index in [4.69, 9.17) is 0 Å². The van der Waals surface area contributed by atoms with Crippen molar-refractivity contribution >= 4 is 33.1 Å². The highest BCUT2D eigenvalue weighted by Gasteiger charge is 2.17. The Balaban J connectivity index is 2.37. The van der Waals surface area contributed by atoms with Crippen molar-refractivity contribution in [3.05, 3.63) is 56.7 Å². The number of nitro benzene ring substituents is 1. The van der Waals surface area contributed by atoms with E-state index >= 15 is 0 Å². The van der Waals surface area contributed by atoms with E-state index < -0.39 is 4.92 Å². The molecule has 1 heterocycles. The summed E-state index contributed by atoms with van der Waals surface area (Å²) < 4.78 is 0.663. The van der Waals surface area contributed by atoms with Crippen LogP contribution in [0.25, 0.3) is 0 Å². The molecule has 21 heavy (non-hydrogen) atoms. The molecule has 2 aromatic rings. The van der Waals surface area contributed by atoms with Crippen LogP contribution in [-0.4, -0.2) is 9.91 Å². The zero-order valence-corrected chi connectivity index (χ0v) is 13.6. The number of aromatic nitrogens is 1. The molecule has 0 aliphatic heterocycles. The molecule has 1 N–H and O–H groups in total. The maximum atomic E-state index is 11.1. The van der Waals surface area contributed by atoms with E-state index in [0.717, 1.165) is 5.56 Å². The number of nitrogens with one attached hydrogen (secondary N) is 1. The average molecular weight is 350 g/mol. The first-order valence-electron chi connectivity index (χ1n) is 6.45. The standard InChI is InChI=1S/C15H16BrN3O2/c1-15(2,3)10-6-7-17-14(8-10)18-12-5-4-11(16)9-13(12)19(20)21/h4-9H,1-3H3,(H,17,18). The van der Waals surface area contributed by atoms with Gasteiger partial charge < -0.3 is 5.32 Å². The van der Waals surface area contributed by atoms with E-state index in [1.807, 2.05) is 12.1 Å². The average Bonchev–Trinajstić information content (AvgIpc) is 2.40. The number of nitro groups is 1. The molecular weight excluding hydrogens is 334 g/mol. The summed E-state index contributed by atoms with van der Waals surface area (Å²) in [6.07, 6.45) is 1.70. The van der Waals surface area contributed by atoms with Crippen molar-refractivity contribution in [1.29, 1.82) is 0 Å². The normalized spacial score (nSPS) is 11.2. The molecule has 1 aromatic carbocycles. The molecule has 1 aromatic heterocycles. The molecule has 6 heteroatoms. The monoisotopic (exact) mass is 349 g/mol. The Kier molecular flexibility index (Phi) is 4.27. The maximum absolute atomic E-state index is 11.1. The zero-order chi connectivity index (χ0) is 15.6. The first-order valence-corrected chi connectivity index (χ1v) is 7.24. The summed E-state index contributed by atoms with van der Waals surface area (Å²) in [6.45, 7) is 6.32. The second kappa shape index (κ2) is 5.81. The number of benzene rings is 1. The summed E-state index contributed by atoms with van der Waals surface area (Å²) in [5, 5.41) is 14.1. The van der Waals surface area contributed by atoms with Crippen LogP contribution in [-0.2, 0) is 5.41 Å². The fourth-order valence-electron chi connectivity index (χ4n) is 1.86. The van der Waals surface area contributed by atoms with Crippen molar-refractivity contribution in [3.8, 4) is 0 Å². The van der Waals surface area contributed by atoms with Gasteiger partial charge in [-0.3, -0.25) is 10.1 Å². The van der Waals surface area contributed by atoms with E-state index in [2.05, 4.69) is 47.0 Å². The number of hydrogen-bond acceptors (Lipinski definition) is 4. The predicted octanol–water partition coefficient (Wildman–Crippen LogP) is 4.79. The van der Waals surface area contributed by atoms with Crippen molar-refractivity contribution < 1.29 is 4.92 Å². The van der Waals surface area contributed by atoms with Crippen molar-refractivity contribution in [2.75, 3.05) is 5.32 Å². The summed E-state index contributed by atoms with van der Waals surface area (Å²) in [7, 11) is 0. The fraction of sp³-hybridized carbons (Fsp3) is 0.267. The molecule has 0 aliphatic carbocycles. The van der Waals surface area contributed by atoms with Gasteiger partial charge in [0, 0.05) is 16.7 Å². The SMILES string of the molecule is CC(C)(C)c1ccnc(Nc2ccc(Br)cc2[N+](=O)[O-])c1. The maximum Gasteiger partial charge on any atom is 0.293 e. The molecule has 0 radical (unpaired) electrons. The summed E-state index contributed by atoms with van der Waals surface area (Å²) in [4.78, 5) is 14.9. The smallest absolute Gasteiger partial charge is 0.293 e. The summed E-state index contributed by atoms with van der Waals surface area (Å²) in [6, 6.07) is 8.74. The third kappa shape index (κ3) is 3.78. The van der Waals surface area contributed by atoms with Crippen LogP contribution in [0.5, 0.6) is 0 Å². The van der Waals surface area contributed by atoms with Gasteiger partial charge >= 0.3 is 0 Å². The topological polar surface area (TPSA) is 68.1 Å². The van der Waals surface area contributed by atoms with Crippen molar-refractivity contribution in [2.45, 2.75) is 26.2 Å². The van der Waals surface area contributed by atoms with E-state index in [9.17, 15) is 10.1 Å². The lowest BCUT2D eigenvalue weighted by Gasteiger charge is -2.19. The molecular formula is C15H16BrN3O2. The van der Waals surface area contributed by atoms with Gasteiger partial charge in [0.15, 0.2) is 0 Å². The minimum absolute atomic E-state index is 0.00679. The minimum Gasteiger partial charge on any atom is -0.335 e. The number of anilines is 2. The molecule has 0 aliphatic rings. The molecule has 2 rings (SSSR count). The predicted molar refractivity (Wildman–Crippen MR) is 87.0 cm³/mol. The first-order chi connectivity index (χ1) is 9.77. The van der Waals surface area contributed by atoms with Crippen LogP contribution in [0.2, 0.25) is 0 Å². The van der Waals surface area contributed by atoms with Gasteiger partial charge in [-0.2, -0.15) is 0 Å². The quantitative estimate of drug-likeness (QED) is 0.638. The molecule has 0 fully saturated rings. The molecule has 0 amide bonds. The Morgan fingerprint density at radius 1 is 1.24 bits per heavy atom. The van der Waals surface area contributed by atoms with Gasteiger partial charge in [-0.05, 0) is 35.2 Å². The highest BCUT2D eigenvalue weighted by Crippen LogP contribution is 2.31. The molecule has 0 unspecified atom stereocenters. The largest absolute Gasteiger partial charge is 0.335 e. The Morgan fingerprint density at radius 3 is 2.57 bits per heavy atom. The van der Waals surface area contributed by atoms with Crippen LogP contribution >= 0.6 is 15.9 Å². The van der Waals surface area contributed by atoms with E-state index in [1.54, 1.807) is 18.3 Å². The van der Waals surface area contributed by atoms with Crippen LogP contribution in [0.4, 0.5) is 17.2 Å². The van der Waals surface area contributed by atoms with Crippen molar-refractivity contribution in [2.24, 2.45) is 0 Å².